The van der Waals surface area contributed by atoms with Crippen LogP contribution in [0.25, 0.3) is 11.2 Å². The Balaban J connectivity index is 1.71. The van der Waals surface area contributed by atoms with Crippen molar-refractivity contribution in [2.45, 2.75) is 58.2 Å². The number of hydrogen-bond acceptors (Lipinski definition) is 5. The Bertz CT molecular complexity index is 727. The summed E-state index contributed by atoms with van der Waals surface area (Å²) < 4.78 is 8.77. The van der Waals surface area contributed by atoms with E-state index in [2.05, 4.69) is 51.4 Å². The van der Waals surface area contributed by atoms with Crippen molar-refractivity contribution >= 4 is 39.6 Å². The first-order chi connectivity index (χ1) is 11.6. The second-order valence-corrected chi connectivity index (χ2v) is 8.15. The van der Waals surface area contributed by atoms with E-state index in [0.29, 0.717) is 6.04 Å². The van der Waals surface area contributed by atoms with Crippen LogP contribution >= 0.6 is 22.6 Å². The fraction of sp³-hybridized carbons (Fsp3) is 0.706. The van der Waals surface area contributed by atoms with E-state index in [1.807, 2.05) is 10.9 Å². The van der Waals surface area contributed by atoms with Crippen molar-refractivity contribution in [1.82, 2.24) is 19.7 Å². The molecule has 0 radical (unpaired) electrons. The molecule has 4 heterocycles. The first-order valence-corrected chi connectivity index (χ1v) is 10.0. The third kappa shape index (κ3) is 3.00. The zero-order chi connectivity index (χ0) is 16.7. The zero-order valence-electron chi connectivity index (χ0n) is 14.3. The molecule has 130 valence electrons. The van der Waals surface area contributed by atoms with Gasteiger partial charge < -0.3 is 9.64 Å². The van der Waals surface area contributed by atoms with Gasteiger partial charge in [-0.1, -0.05) is 6.92 Å². The average Bonchev–Trinajstić information content (AvgIpc) is 2.92. The molecule has 0 amide bonds. The Kier molecular flexibility index (Phi) is 4.64. The van der Waals surface area contributed by atoms with E-state index in [1.54, 1.807) is 0 Å². The van der Waals surface area contributed by atoms with Crippen molar-refractivity contribution in [3.8, 4) is 0 Å². The van der Waals surface area contributed by atoms with Gasteiger partial charge in [0.15, 0.2) is 15.6 Å². The molecule has 0 bridgehead atoms. The van der Waals surface area contributed by atoms with E-state index in [1.165, 1.54) is 19.3 Å². The van der Waals surface area contributed by atoms with E-state index in [0.717, 1.165) is 52.6 Å². The summed E-state index contributed by atoms with van der Waals surface area (Å²) in [6, 6.07) is 0.502. The lowest BCUT2D eigenvalue weighted by Crippen LogP contribution is -2.40. The predicted molar refractivity (Wildman–Crippen MR) is 102 cm³/mol. The second-order valence-electron chi connectivity index (χ2n) is 7.13. The highest BCUT2D eigenvalue weighted by atomic mass is 127. The van der Waals surface area contributed by atoms with E-state index >= 15 is 0 Å². The Morgan fingerprint density at radius 3 is 2.88 bits per heavy atom. The molecule has 0 spiro atoms. The Morgan fingerprint density at radius 1 is 1.25 bits per heavy atom. The van der Waals surface area contributed by atoms with Crippen molar-refractivity contribution in [1.29, 1.82) is 0 Å². The molecule has 2 aliphatic heterocycles. The SMILES string of the molecule is CC1CCN(c2cnc3c(I)nn(C4CCCCO4)c3n2)[C@H](C)C1. The summed E-state index contributed by atoms with van der Waals surface area (Å²) in [5.74, 6) is 1.75. The first-order valence-electron chi connectivity index (χ1n) is 8.92. The van der Waals surface area contributed by atoms with Crippen LogP contribution in [0.5, 0.6) is 0 Å². The number of aromatic nitrogens is 4. The quantitative estimate of drug-likeness (QED) is 0.665. The minimum absolute atomic E-state index is 0.00637. The lowest BCUT2D eigenvalue weighted by Gasteiger charge is -2.37. The first kappa shape index (κ1) is 16.5. The normalized spacial score (nSPS) is 28.5. The number of ether oxygens (including phenoxy) is 1. The molecule has 2 aliphatic rings. The number of piperidine rings is 1. The van der Waals surface area contributed by atoms with Crippen LogP contribution in [0.1, 0.15) is 52.2 Å². The molecule has 3 atom stereocenters. The summed E-state index contributed by atoms with van der Waals surface area (Å²) in [6.07, 6.45) is 7.63. The van der Waals surface area contributed by atoms with E-state index in [-0.39, 0.29) is 6.23 Å². The van der Waals surface area contributed by atoms with Crippen LogP contribution in [0.3, 0.4) is 0 Å². The third-order valence-electron chi connectivity index (χ3n) is 5.21. The second kappa shape index (κ2) is 6.74. The van der Waals surface area contributed by atoms with Crippen molar-refractivity contribution in [2.24, 2.45) is 5.92 Å². The van der Waals surface area contributed by atoms with E-state index < -0.39 is 0 Å². The van der Waals surface area contributed by atoms with Crippen LogP contribution in [0.2, 0.25) is 0 Å². The monoisotopic (exact) mass is 441 g/mol. The Morgan fingerprint density at radius 2 is 2.12 bits per heavy atom. The molecule has 2 aromatic rings. The molecular weight excluding hydrogens is 417 g/mol. The highest BCUT2D eigenvalue weighted by Gasteiger charge is 2.26. The van der Waals surface area contributed by atoms with E-state index in [9.17, 15) is 0 Å². The number of anilines is 1. The van der Waals surface area contributed by atoms with Crippen LogP contribution in [0.4, 0.5) is 5.82 Å². The van der Waals surface area contributed by atoms with Gasteiger partial charge >= 0.3 is 0 Å². The summed E-state index contributed by atoms with van der Waals surface area (Å²) in [5.41, 5.74) is 1.74. The molecule has 0 aliphatic carbocycles. The van der Waals surface area contributed by atoms with Gasteiger partial charge in [-0.25, -0.2) is 14.6 Å². The molecule has 2 saturated heterocycles. The molecule has 0 aromatic carbocycles. The molecule has 7 heteroatoms. The van der Waals surface area contributed by atoms with Gasteiger partial charge in [0.05, 0.1) is 6.20 Å². The van der Waals surface area contributed by atoms with Crippen molar-refractivity contribution in [2.75, 3.05) is 18.1 Å². The Hall–Kier alpha value is -0.960. The van der Waals surface area contributed by atoms with Crippen LogP contribution in [0.15, 0.2) is 6.20 Å². The molecule has 6 nitrogen and oxygen atoms in total. The van der Waals surface area contributed by atoms with E-state index in [4.69, 9.17) is 9.72 Å². The van der Waals surface area contributed by atoms with Crippen LogP contribution in [-0.2, 0) is 4.74 Å². The fourth-order valence-corrected chi connectivity index (χ4v) is 4.48. The zero-order valence-corrected chi connectivity index (χ0v) is 16.4. The summed E-state index contributed by atoms with van der Waals surface area (Å²) in [4.78, 5) is 12.0. The topological polar surface area (TPSA) is 56.1 Å². The molecule has 4 rings (SSSR count). The lowest BCUT2D eigenvalue weighted by atomic mass is 9.93. The van der Waals surface area contributed by atoms with Gasteiger partial charge in [-0.15, -0.1) is 0 Å². The largest absolute Gasteiger partial charge is 0.356 e. The fourth-order valence-electron chi connectivity index (χ4n) is 3.87. The number of rotatable bonds is 2. The molecule has 2 unspecified atom stereocenters. The molecule has 0 saturated carbocycles. The maximum Gasteiger partial charge on any atom is 0.182 e. The maximum atomic E-state index is 5.92. The third-order valence-corrected chi connectivity index (χ3v) is 5.94. The van der Waals surface area contributed by atoms with Crippen LogP contribution in [-0.4, -0.2) is 38.9 Å². The van der Waals surface area contributed by atoms with Crippen molar-refractivity contribution < 1.29 is 4.74 Å². The number of hydrogen-bond donors (Lipinski definition) is 0. The van der Waals surface area contributed by atoms with Gasteiger partial charge in [0.2, 0.25) is 0 Å². The average molecular weight is 441 g/mol. The Labute approximate surface area is 156 Å². The summed E-state index contributed by atoms with van der Waals surface area (Å²) in [5, 5.41) is 4.67. The summed E-state index contributed by atoms with van der Waals surface area (Å²) >= 11 is 2.24. The minimum Gasteiger partial charge on any atom is -0.356 e. The smallest absolute Gasteiger partial charge is 0.182 e. The lowest BCUT2D eigenvalue weighted by molar-refractivity contribution is -0.0372. The van der Waals surface area contributed by atoms with Crippen molar-refractivity contribution in [3.63, 3.8) is 0 Å². The number of halogens is 1. The standard InChI is InChI=1S/C17H24IN5O/c1-11-6-7-22(12(2)9-11)13-10-19-15-16(18)21-23(17(15)20-13)14-5-3-4-8-24-14/h10-12,14H,3-9H2,1-2H3/t11?,12-,14?/m1/s1. The van der Waals surface area contributed by atoms with Gasteiger partial charge in [-0.2, -0.15) is 5.10 Å². The summed E-state index contributed by atoms with van der Waals surface area (Å²) in [6.45, 7) is 6.47. The molecule has 24 heavy (non-hydrogen) atoms. The molecule has 0 N–H and O–H groups in total. The van der Waals surface area contributed by atoms with Gasteiger partial charge in [-0.05, 0) is 67.5 Å². The van der Waals surface area contributed by atoms with Crippen LogP contribution < -0.4 is 4.90 Å². The highest BCUT2D eigenvalue weighted by molar-refractivity contribution is 14.1. The minimum atomic E-state index is -0.00637. The van der Waals surface area contributed by atoms with Crippen LogP contribution in [0, 0.1) is 9.62 Å². The molecule has 2 aromatic heterocycles. The van der Waals surface area contributed by atoms with Gasteiger partial charge in [0, 0.05) is 19.2 Å². The highest BCUT2D eigenvalue weighted by Crippen LogP contribution is 2.30. The number of nitrogens with zero attached hydrogens (tertiary/aromatic N) is 5. The van der Waals surface area contributed by atoms with Gasteiger partial charge in [0.25, 0.3) is 0 Å². The maximum absolute atomic E-state index is 5.92. The van der Waals surface area contributed by atoms with Gasteiger partial charge in [-0.3, -0.25) is 0 Å². The predicted octanol–water partition coefficient (Wildman–Crippen LogP) is 3.75. The summed E-state index contributed by atoms with van der Waals surface area (Å²) in [7, 11) is 0. The molecular formula is C17H24IN5O. The van der Waals surface area contributed by atoms with Gasteiger partial charge in [0.1, 0.15) is 11.3 Å². The molecule has 2 fully saturated rings. The van der Waals surface area contributed by atoms with Crippen molar-refractivity contribution in [3.05, 3.63) is 9.90 Å². The number of fused-ring (bicyclic) bond motifs is 1.